The maximum absolute atomic E-state index is 12.8. The normalized spacial score (nSPS) is 13.7. The molecule has 0 bridgehead atoms. The molecule has 2 nitrogen and oxygen atoms in total. The second kappa shape index (κ2) is 6.54. The predicted octanol–water partition coefficient (Wildman–Crippen LogP) is 3.93. The monoisotopic (exact) mass is 326 g/mol. The largest absolute Gasteiger partial charge is 0.416 e. The molecular formula is C12H14BrF3O2. The third-order valence-electron chi connectivity index (χ3n) is 2.30. The van der Waals surface area contributed by atoms with Gasteiger partial charge in [0.15, 0.2) is 0 Å². The first-order valence-corrected chi connectivity index (χ1v) is 6.28. The molecule has 1 aromatic carbocycles. The van der Waals surface area contributed by atoms with Gasteiger partial charge in [0.25, 0.3) is 0 Å². The summed E-state index contributed by atoms with van der Waals surface area (Å²) in [6.07, 6.45) is -5.02. The van der Waals surface area contributed by atoms with Crippen molar-refractivity contribution in [1.29, 1.82) is 0 Å². The highest BCUT2D eigenvalue weighted by Gasteiger charge is 2.35. The molecular weight excluding hydrogens is 313 g/mol. The van der Waals surface area contributed by atoms with Crippen LogP contribution in [-0.2, 0) is 10.9 Å². The van der Waals surface area contributed by atoms with Crippen LogP contribution in [0.4, 0.5) is 13.2 Å². The summed E-state index contributed by atoms with van der Waals surface area (Å²) >= 11 is 2.99. The molecule has 0 amide bonds. The lowest BCUT2D eigenvalue weighted by Gasteiger charge is -2.18. The molecule has 1 unspecified atom stereocenters. The molecule has 0 aromatic heterocycles. The molecule has 0 fully saturated rings. The molecule has 0 spiro atoms. The molecule has 18 heavy (non-hydrogen) atoms. The summed E-state index contributed by atoms with van der Waals surface area (Å²) in [7, 11) is 0. The number of hydrogen-bond acceptors (Lipinski definition) is 2. The summed E-state index contributed by atoms with van der Waals surface area (Å²) in [5.41, 5.74) is -1.01. The van der Waals surface area contributed by atoms with Gasteiger partial charge in [0.2, 0.25) is 0 Å². The van der Waals surface area contributed by atoms with Crippen molar-refractivity contribution in [1.82, 2.24) is 0 Å². The third kappa shape index (κ3) is 4.26. The first-order valence-electron chi connectivity index (χ1n) is 5.48. The highest BCUT2D eigenvalue weighted by Crippen LogP contribution is 2.36. The molecule has 1 aromatic rings. The minimum atomic E-state index is -4.50. The number of aliphatic hydroxyl groups excluding tert-OH is 1. The van der Waals surface area contributed by atoms with Crippen molar-refractivity contribution < 1.29 is 23.0 Å². The summed E-state index contributed by atoms with van der Waals surface area (Å²) in [4.78, 5) is 0. The van der Waals surface area contributed by atoms with E-state index >= 15 is 0 Å². The van der Waals surface area contributed by atoms with E-state index in [2.05, 4.69) is 15.9 Å². The fraction of sp³-hybridized carbons (Fsp3) is 0.500. The first-order chi connectivity index (χ1) is 8.36. The van der Waals surface area contributed by atoms with E-state index in [1.165, 1.54) is 12.1 Å². The van der Waals surface area contributed by atoms with E-state index in [0.717, 1.165) is 12.5 Å². The second-order valence-electron chi connectivity index (χ2n) is 3.82. The highest BCUT2D eigenvalue weighted by atomic mass is 79.9. The van der Waals surface area contributed by atoms with Crippen LogP contribution in [0.25, 0.3) is 0 Å². The molecule has 1 N–H and O–H groups in total. The van der Waals surface area contributed by atoms with E-state index in [1.54, 1.807) is 0 Å². The third-order valence-corrected chi connectivity index (χ3v) is 2.80. The van der Waals surface area contributed by atoms with Crippen LogP contribution in [0, 0.1) is 0 Å². The van der Waals surface area contributed by atoms with Gasteiger partial charge < -0.3 is 9.84 Å². The van der Waals surface area contributed by atoms with Gasteiger partial charge in [-0.1, -0.05) is 28.9 Å². The summed E-state index contributed by atoms with van der Waals surface area (Å²) in [5.74, 6) is 0. The van der Waals surface area contributed by atoms with Crippen molar-refractivity contribution >= 4 is 15.9 Å². The Morgan fingerprint density at radius 2 is 2.06 bits per heavy atom. The lowest BCUT2D eigenvalue weighted by Crippen LogP contribution is -2.15. The van der Waals surface area contributed by atoms with Crippen LogP contribution in [-0.4, -0.2) is 18.3 Å². The average Bonchev–Trinajstić information content (AvgIpc) is 2.28. The molecule has 0 aliphatic rings. The average molecular weight is 327 g/mol. The minimum absolute atomic E-state index is 0.140. The smallest absolute Gasteiger partial charge is 0.386 e. The van der Waals surface area contributed by atoms with Crippen LogP contribution in [0.3, 0.4) is 0 Å². The van der Waals surface area contributed by atoms with Gasteiger partial charge in [-0.25, -0.2) is 0 Å². The van der Waals surface area contributed by atoms with Crippen LogP contribution in [0.15, 0.2) is 22.7 Å². The van der Waals surface area contributed by atoms with Crippen molar-refractivity contribution in [3.05, 3.63) is 33.8 Å². The summed E-state index contributed by atoms with van der Waals surface area (Å²) in [6, 6.07) is 3.68. The number of ether oxygens (including phenoxy) is 1. The fourth-order valence-corrected chi connectivity index (χ4v) is 1.85. The quantitative estimate of drug-likeness (QED) is 0.831. The molecule has 102 valence electrons. The lowest BCUT2D eigenvalue weighted by atomic mass is 10.0. The van der Waals surface area contributed by atoms with Crippen LogP contribution in [0.5, 0.6) is 0 Å². The molecule has 0 heterocycles. The van der Waals surface area contributed by atoms with Crippen molar-refractivity contribution in [2.75, 3.05) is 13.2 Å². The number of hydrogen-bond donors (Lipinski definition) is 1. The zero-order valence-corrected chi connectivity index (χ0v) is 11.4. The van der Waals surface area contributed by atoms with E-state index in [1.807, 2.05) is 6.92 Å². The summed E-state index contributed by atoms with van der Waals surface area (Å²) < 4.78 is 43.8. The van der Waals surface area contributed by atoms with Crippen LogP contribution in [0.2, 0.25) is 0 Å². The Kier molecular flexibility index (Phi) is 5.62. The Hall–Kier alpha value is -0.590. The van der Waals surface area contributed by atoms with Gasteiger partial charge in [0.05, 0.1) is 12.2 Å². The molecule has 1 rings (SSSR count). The summed E-state index contributed by atoms with van der Waals surface area (Å²) in [6.45, 7) is 2.15. The molecule has 0 saturated heterocycles. The van der Waals surface area contributed by atoms with Crippen LogP contribution in [0.1, 0.15) is 30.6 Å². The van der Waals surface area contributed by atoms with Crippen molar-refractivity contribution in [2.45, 2.75) is 25.6 Å². The van der Waals surface area contributed by atoms with Crippen LogP contribution >= 0.6 is 15.9 Å². The number of alkyl halides is 3. The topological polar surface area (TPSA) is 29.5 Å². The van der Waals surface area contributed by atoms with Crippen molar-refractivity contribution in [3.63, 3.8) is 0 Å². The molecule has 0 aliphatic heterocycles. The molecule has 6 heteroatoms. The highest BCUT2D eigenvalue weighted by molar-refractivity contribution is 9.10. The Labute approximate surface area is 112 Å². The maximum Gasteiger partial charge on any atom is 0.416 e. The Morgan fingerprint density at radius 3 is 2.61 bits per heavy atom. The SMILES string of the molecule is CCCOCC(O)c1ccc(Br)cc1C(F)(F)F. The van der Waals surface area contributed by atoms with E-state index < -0.39 is 17.8 Å². The summed E-state index contributed by atoms with van der Waals surface area (Å²) in [5, 5.41) is 9.74. The Morgan fingerprint density at radius 1 is 1.39 bits per heavy atom. The Bertz CT molecular complexity index is 393. The maximum atomic E-state index is 12.8. The van der Waals surface area contributed by atoms with Gasteiger partial charge in [0, 0.05) is 11.1 Å². The molecule has 0 saturated carbocycles. The molecule has 0 radical (unpaired) electrons. The zero-order chi connectivity index (χ0) is 13.8. The minimum Gasteiger partial charge on any atom is -0.386 e. The van der Waals surface area contributed by atoms with Gasteiger partial charge in [-0.15, -0.1) is 0 Å². The van der Waals surface area contributed by atoms with Crippen molar-refractivity contribution in [2.24, 2.45) is 0 Å². The second-order valence-corrected chi connectivity index (χ2v) is 4.74. The number of rotatable bonds is 5. The van der Waals surface area contributed by atoms with Crippen molar-refractivity contribution in [3.8, 4) is 0 Å². The number of halogens is 4. The molecule has 0 aliphatic carbocycles. The van der Waals surface area contributed by atoms with Gasteiger partial charge in [-0.3, -0.25) is 0 Å². The van der Waals surface area contributed by atoms with Gasteiger partial charge >= 0.3 is 6.18 Å². The van der Waals surface area contributed by atoms with Crippen LogP contribution < -0.4 is 0 Å². The van der Waals surface area contributed by atoms with Gasteiger partial charge in [0.1, 0.15) is 6.10 Å². The number of benzene rings is 1. The van der Waals surface area contributed by atoms with E-state index in [-0.39, 0.29) is 12.2 Å². The Balaban J connectivity index is 2.93. The van der Waals surface area contributed by atoms with Gasteiger partial charge in [-0.2, -0.15) is 13.2 Å². The molecule has 1 atom stereocenters. The lowest BCUT2D eigenvalue weighted by molar-refractivity contribution is -0.139. The zero-order valence-electron chi connectivity index (χ0n) is 9.80. The fourth-order valence-electron chi connectivity index (χ4n) is 1.49. The standard InChI is InChI=1S/C12H14BrF3O2/c1-2-5-18-7-11(17)9-4-3-8(13)6-10(9)12(14,15)16/h3-4,6,11,17H,2,5,7H2,1H3. The van der Waals surface area contributed by atoms with E-state index in [9.17, 15) is 18.3 Å². The van der Waals surface area contributed by atoms with Gasteiger partial charge in [-0.05, 0) is 24.1 Å². The van der Waals surface area contributed by atoms with E-state index in [0.29, 0.717) is 11.1 Å². The van der Waals surface area contributed by atoms with E-state index in [4.69, 9.17) is 4.74 Å². The first kappa shape index (κ1) is 15.5. The number of aliphatic hydroxyl groups is 1. The predicted molar refractivity (Wildman–Crippen MR) is 65.2 cm³/mol.